The number of carbonyl (C=O) groups excluding carboxylic acids is 1. The van der Waals surface area contributed by atoms with E-state index in [1.165, 1.54) is 4.90 Å². The zero-order valence-corrected chi connectivity index (χ0v) is 11.3. The fraction of sp³-hybridized carbons (Fsp3) is 0.286. The van der Waals surface area contributed by atoms with Gasteiger partial charge in [-0.1, -0.05) is 6.92 Å². The van der Waals surface area contributed by atoms with E-state index in [2.05, 4.69) is 5.10 Å². The van der Waals surface area contributed by atoms with Crippen LogP contribution in [0.25, 0.3) is 0 Å². The normalized spacial score (nSPS) is 10.5. The second kappa shape index (κ2) is 5.14. The smallest absolute Gasteiger partial charge is 0.276 e. The molecular weight excluding hydrogens is 242 g/mol. The number of aromatic hydroxyl groups is 1. The monoisotopic (exact) mass is 259 g/mol. The highest BCUT2D eigenvalue weighted by Crippen LogP contribution is 2.19. The van der Waals surface area contributed by atoms with Crippen molar-refractivity contribution in [3.63, 3.8) is 0 Å². The highest BCUT2D eigenvalue weighted by atomic mass is 16.3. The molecule has 2 aromatic rings. The van der Waals surface area contributed by atoms with Crippen LogP contribution in [0.3, 0.4) is 0 Å². The van der Waals surface area contributed by atoms with Gasteiger partial charge in [0.1, 0.15) is 11.4 Å². The van der Waals surface area contributed by atoms with Crippen molar-refractivity contribution in [1.29, 1.82) is 0 Å². The van der Waals surface area contributed by atoms with Crippen LogP contribution in [0, 0.1) is 0 Å². The van der Waals surface area contributed by atoms with Crippen molar-refractivity contribution < 1.29 is 9.90 Å². The predicted octanol–water partition coefficient (Wildman–Crippen LogP) is 1.96. The summed E-state index contributed by atoms with van der Waals surface area (Å²) in [4.78, 5) is 13.9. The summed E-state index contributed by atoms with van der Waals surface area (Å²) in [7, 11) is 3.46. The van der Waals surface area contributed by atoms with E-state index in [1.807, 2.05) is 6.92 Å². The van der Waals surface area contributed by atoms with Gasteiger partial charge in [-0.05, 0) is 36.8 Å². The minimum absolute atomic E-state index is 0.125. The molecule has 2 rings (SSSR count). The molecule has 19 heavy (non-hydrogen) atoms. The van der Waals surface area contributed by atoms with Crippen molar-refractivity contribution in [2.24, 2.45) is 7.05 Å². The summed E-state index contributed by atoms with van der Waals surface area (Å²) in [6.07, 6.45) is 0.796. The standard InChI is InChI=1S/C14H17N3O2/c1-4-10-9-13(17(3)15-10)14(19)16(2)11-5-7-12(18)8-6-11/h5-9,18H,4H2,1-3H3. The zero-order valence-electron chi connectivity index (χ0n) is 11.3. The van der Waals surface area contributed by atoms with Crippen molar-refractivity contribution in [3.8, 4) is 5.75 Å². The summed E-state index contributed by atoms with van der Waals surface area (Å²) < 4.78 is 1.60. The number of amides is 1. The summed E-state index contributed by atoms with van der Waals surface area (Å²) in [5, 5.41) is 13.5. The Hall–Kier alpha value is -2.30. The highest BCUT2D eigenvalue weighted by molar-refractivity contribution is 6.04. The minimum atomic E-state index is -0.125. The Labute approximate surface area is 112 Å². The Kier molecular flexibility index (Phi) is 3.55. The molecule has 1 aromatic carbocycles. The maximum Gasteiger partial charge on any atom is 0.276 e. The number of aromatic nitrogens is 2. The van der Waals surface area contributed by atoms with Gasteiger partial charge in [-0.2, -0.15) is 5.10 Å². The van der Waals surface area contributed by atoms with Crippen LogP contribution < -0.4 is 4.90 Å². The van der Waals surface area contributed by atoms with Crippen molar-refractivity contribution in [2.45, 2.75) is 13.3 Å². The Balaban J connectivity index is 2.27. The van der Waals surface area contributed by atoms with Gasteiger partial charge in [0.2, 0.25) is 0 Å². The summed E-state index contributed by atoms with van der Waals surface area (Å²) in [5.41, 5.74) is 2.17. The van der Waals surface area contributed by atoms with Gasteiger partial charge in [-0.15, -0.1) is 0 Å². The van der Waals surface area contributed by atoms with E-state index in [9.17, 15) is 9.90 Å². The molecule has 1 amide bonds. The number of phenolic OH excluding ortho intramolecular Hbond substituents is 1. The largest absolute Gasteiger partial charge is 0.508 e. The van der Waals surface area contributed by atoms with Gasteiger partial charge in [0, 0.05) is 19.8 Å². The van der Waals surface area contributed by atoms with Crippen LogP contribution in [-0.2, 0) is 13.5 Å². The number of hydrogen-bond donors (Lipinski definition) is 1. The van der Waals surface area contributed by atoms with E-state index in [-0.39, 0.29) is 11.7 Å². The number of rotatable bonds is 3. The molecule has 0 unspecified atom stereocenters. The SMILES string of the molecule is CCc1cc(C(=O)N(C)c2ccc(O)cc2)n(C)n1. The summed E-state index contributed by atoms with van der Waals surface area (Å²) in [5.74, 6) is 0.0544. The van der Waals surface area contributed by atoms with Gasteiger partial charge in [-0.25, -0.2) is 0 Å². The lowest BCUT2D eigenvalue weighted by Gasteiger charge is -2.17. The van der Waals surface area contributed by atoms with Crippen LogP contribution in [0.2, 0.25) is 0 Å². The molecule has 1 aromatic heterocycles. The maximum atomic E-state index is 12.4. The number of nitrogens with zero attached hydrogens (tertiary/aromatic N) is 3. The Morgan fingerprint density at radius 3 is 2.53 bits per heavy atom. The molecule has 5 nitrogen and oxygen atoms in total. The highest BCUT2D eigenvalue weighted by Gasteiger charge is 2.18. The van der Waals surface area contributed by atoms with Crippen LogP contribution in [-0.4, -0.2) is 27.8 Å². The molecule has 0 aliphatic carbocycles. The average molecular weight is 259 g/mol. The van der Waals surface area contributed by atoms with Crippen LogP contribution in [0.5, 0.6) is 5.75 Å². The number of phenols is 1. The average Bonchev–Trinajstić information content (AvgIpc) is 2.79. The minimum Gasteiger partial charge on any atom is -0.508 e. The molecule has 0 saturated carbocycles. The number of carbonyl (C=O) groups is 1. The van der Waals surface area contributed by atoms with Crippen LogP contribution >= 0.6 is 0 Å². The Bertz CT molecular complexity index is 587. The lowest BCUT2D eigenvalue weighted by Crippen LogP contribution is -2.28. The topological polar surface area (TPSA) is 58.4 Å². The van der Waals surface area contributed by atoms with Crippen LogP contribution in [0.4, 0.5) is 5.69 Å². The number of benzene rings is 1. The molecule has 0 saturated heterocycles. The van der Waals surface area contributed by atoms with Crippen molar-refractivity contribution >= 4 is 11.6 Å². The lowest BCUT2D eigenvalue weighted by atomic mass is 10.2. The van der Waals surface area contributed by atoms with Crippen molar-refractivity contribution in [1.82, 2.24) is 9.78 Å². The number of aryl methyl sites for hydroxylation is 2. The van der Waals surface area contributed by atoms with Gasteiger partial charge in [-0.3, -0.25) is 9.48 Å². The first-order valence-corrected chi connectivity index (χ1v) is 6.13. The summed E-state index contributed by atoms with van der Waals surface area (Å²) in [6.45, 7) is 2.00. The lowest BCUT2D eigenvalue weighted by molar-refractivity contribution is 0.0984. The van der Waals surface area contributed by atoms with E-state index >= 15 is 0 Å². The van der Waals surface area contributed by atoms with Gasteiger partial charge in [0.15, 0.2) is 0 Å². The maximum absolute atomic E-state index is 12.4. The Morgan fingerprint density at radius 1 is 1.37 bits per heavy atom. The zero-order chi connectivity index (χ0) is 14.0. The van der Waals surface area contributed by atoms with Gasteiger partial charge in [0.25, 0.3) is 5.91 Å². The van der Waals surface area contributed by atoms with Gasteiger partial charge in [0.05, 0.1) is 5.69 Å². The first kappa shape index (κ1) is 13.1. The molecule has 0 radical (unpaired) electrons. The molecule has 0 bridgehead atoms. The number of hydrogen-bond acceptors (Lipinski definition) is 3. The summed E-state index contributed by atoms with van der Waals surface area (Å²) >= 11 is 0. The third kappa shape index (κ3) is 2.59. The Morgan fingerprint density at radius 2 is 2.00 bits per heavy atom. The molecule has 100 valence electrons. The quantitative estimate of drug-likeness (QED) is 0.916. The van der Waals surface area contributed by atoms with E-state index in [0.29, 0.717) is 5.69 Å². The predicted molar refractivity (Wildman–Crippen MR) is 73.4 cm³/mol. The fourth-order valence-corrected chi connectivity index (χ4v) is 1.86. The van der Waals surface area contributed by atoms with Gasteiger partial charge < -0.3 is 10.0 Å². The third-order valence-electron chi connectivity index (χ3n) is 3.05. The molecular formula is C14H17N3O2. The molecule has 0 fully saturated rings. The molecule has 0 atom stereocenters. The summed E-state index contributed by atoms with van der Waals surface area (Å²) in [6, 6.07) is 8.31. The molecule has 1 N–H and O–H groups in total. The molecule has 0 aliphatic rings. The van der Waals surface area contributed by atoms with E-state index in [1.54, 1.807) is 49.1 Å². The molecule has 0 spiro atoms. The molecule has 0 aliphatic heterocycles. The van der Waals surface area contributed by atoms with Crippen LogP contribution in [0.1, 0.15) is 23.1 Å². The van der Waals surface area contributed by atoms with Crippen molar-refractivity contribution in [3.05, 3.63) is 41.7 Å². The van der Waals surface area contributed by atoms with Crippen molar-refractivity contribution in [2.75, 3.05) is 11.9 Å². The second-order valence-corrected chi connectivity index (χ2v) is 4.38. The van der Waals surface area contributed by atoms with Gasteiger partial charge >= 0.3 is 0 Å². The van der Waals surface area contributed by atoms with E-state index in [0.717, 1.165) is 17.8 Å². The second-order valence-electron chi connectivity index (χ2n) is 4.38. The molecule has 1 heterocycles. The van der Waals surface area contributed by atoms with E-state index < -0.39 is 0 Å². The first-order valence-electron chi connectivity index (χ1n) is 6.13. The fourth-order valence-electron chi connectivity index (χ4n) is 1.86. The van der Waals surface area contributed by atoms with Crippen LogP contribution in [0.15, 0.2) is 30.3 Å². The molecule has 5 heteroatoms. The van der Waals surface area contributed by atoms with E-state index in [4.69, 9.17) is 0 Å². The number of anilines is 1. The third-order valence-corrected chi connectivity index (χ3v) is 3.05. The first-order chi connectivity index (χ1) is 9.02.